The molecule has 31 heavy (non-hydrogen) atoms. The van der Waals surface area contributed by atoms with Crippen molar-refractivity contribution in [1.29, 1.82) is 0 Å². The second-order valence-corrected chi connectivity index (χ2v) is 8.51. The van der Waals surface area contributed by atoms with Crippen LogP contribution in [0.3, 0.4) is 0 Å². The van der Waals surface area contributed by atoms with Gasteiger partial charge < -0.3 is 10.6 Å². The lowest BCUT2D eigenvalue weighted by Crippen LogP contribution is -2.30. The quantitative estimate of drug-likeness (QED) is 0.591. The molecule has 0 heterocycles. The summed E-state index contributed by atoms with van der Waals surface area (Å²) < 4.78 is 27.7. The first-order valence-corrected chi connectivity index (χ1v) is 11.1. The monoisotopic (exact) mass is 437 g/mol. The average molecular weight is 438 g/mol. The van der Waals surface area contributed by atoms with E-state index in [0.29, 0.717) is 16.9 Å². The molecule has 3 aromatic carbocycles. The van der Waals surface area contributed by atoms with Crippen molar-refractivity contribution in [1.82, 2.24) is 5.32 Å². The molecule has 0 radical (unpaired) electrons. The molecule has 0 saturated carbocycles. The van der Waals surface area contributed by atoms with Crippen LogP contribution >= 0.6 is 0 Å². The topological polar surface area (TPSA) is 95.6 Å². The van der Waals surface area contributed by atoms with Crippen LogP contribution in [-0.4, -0.2) is 33.8 Å². The molecule has 0 saturated heterocycles. The van der Waals surface area contributed by atoms with E-state index in [1.54, 1.807) is 61.5 Å². The van der Waals surface area contributed by atoms with E-state index in [4.69, 9.17) is 0 Å². The van der Waals surface area contributed by atoms with Gasteiger partial charge in [0.2, 0.25) is 0 Å². The van der Waals surface area contributed by atoms with Crippen molar-refractivity contribution in [2.75, 3.05) is 23.2 Å². The molecule has 0 aliphatic heterocycles. The fourth-order valence-electron chi connectivity index (χ4n) is 3.06. The largest absolute Gasteiger partial charge is 0.355 e. The summed E-state index contributed by atoms with van der Waals surface area (Å²) in [5.74, 6) is -0.679. The average Bonchev–Trinajstić information content (AvgIpc) is 2.80. The maximum Gasteiger partial charge on any atom is 0.264 e. The Balaban J connectivity index is 1.83. The second kappa shape index (κ2) is 9.44. The van der Waals surface area contributed by atoms with Crippen LogP contribution in [0.4, 0.5) is 11.4 Å². The number of sulfonamides is 1. The summed E-state index contributed by atoms with van der Waals surface area (Å²) in [4.78, 5) is 24.3. The smallest absolute Gasteiger partial charge is 0.264 e. The summed E-state index contributed by atoms with van der Waals surface area (Å²) in [6, 6.07) is 21.1. The predicted molar refractivity (Wildman–Crippen MR) is 121 cm³/mol. The molecule has 7 nitrogen and oxygen atoms in total. The molecule has 0 aliphatic carbocycles. The molecule has 0 bridgehead atoms. The third kappa shape index (κ3) is 4.92. The number of nitrogens with zero attached hydrogens (tertiary/aromatic N) is 1. The molecule has 0 aromatic heterocycles. The molecule has 3 rings (SSSR count). The minimum Gasteiger partial charge on any atom is -0.355 e. The summed E-state index contributed by atoms with van der Waals surface area (Å²) in [6.07, 6.45) is 0. The molecule has 160 valence electrons. The Kier molecular flexibility index (Phi) is 6.71. The summed E-state index contributed by atoms with van der Waals surface area (Å²) in [7, 11) is -2.30. The van der Waals surface area contributed by atoms with E-state index in [0.717, 1.165) is 0 Å². The number of hydrogen-bond donors (Lipinski definition) is 2. The van der Waals surface area contributed by atoms with Crippen LogP contribution in [0.1, 0.15) is 27.6 Å². The lowest BCUT2D eigenvalue weighted by molar-refractivity contribution is 0.0962. The number of anilines is 2. The maximum absolute atomic E-state index is 13.2. The number of carbonyl (C=O) groups excluding carboxylic acids is 2. The molecular formula is C23H23N3O4S. The minimum atomic E-state index is -3.84. The predicted octanol–water partition coefficient (Wildman–Crippen LogP) is 3.51. The summed E-state index contributed by atoms with van der Waals surface area (Å²) in [5.41, 5.74) is 1.72. The molecule has 3 aromatic rings. The number of rotatable bonds is 7. The number of carbonyl (C=O) groups is 2. The number of benzene rings is 3. The van der Waals surface area contributed by atoms with E-state index in [-0.39, 0.29) is 22.9 Å². The highest BCUT2D eigenvalue weighted by atomic mass is 32.2. The highest BCUT2D eigenvalue weighted by Gasteiger charge is 2.24. The normalized spacial score (nSPS) is 10.9. The SMILES string of the molecule is CCN(c1ccccc1)S(=O)(=O)c1cccc(C(=O)Nc2ccc(C(=O)NC)cc2)c1. The molecule has 2 N–H and O–H groups in total. The van der Waals surface area contributed by atoms with Gasteiger partial charge in [-0.25, -0.2) is 8.42 Å². The van der Waals surface area contributed by atoms with Crippen molar-refractivity contribution < 1.29 is 18.0 Å². The molecule has 0 fully saturated rings. The first-order chi connectivity index (χ1) is 14.9. The van der Waals surface area contributed by atoms with Gasteiger partial charge in [0.15, 0.2) is 0 Å². The van der Waals surface area contributed by atoms with Crippen molar-refractivity contribution in [2.24, 2.45) is 0 Å². The van der Waals surface area contributed by atoms with E-state index in [1.807, 2.05) is 6.07 Å². The van der Waals surface area contributed by atoms with E-state index >= 15 is 0 Å². The zero-order valence-electron chi connectivity index (χ0n) is 17.2. The Hall–Kier alpha value is -3.65. The Morgan fingerprint density at radius 2 is 1.52 bits per heavy atom. The third-order valence-corrected chi connectivity index (χ3v) is 6.55. The van der Waals surface area contributed by atoms with E-state index < -0.39 is 15.9 Å². The van der Waals surface area contributed by atoms with E-state index in [1.165, 1.54) is 29.6 Å². The zero-order valence-corrected chi connectivity index (χ0v) is 18.0. The Bertz CT molecular complexity index is 1180. The summed E-state index contributed by atoms with van der Waals surface area (Å²) >= 11 is 0. The number of hydrogen-bond acceptors (Lipinski definition) is 4. The molecule has 0 aliphatic rings. The van der Waals surface area contributed by atoms with Crippen LogP contribution in [0.5, 0.6) is 0 Å². The summed E-state index contributed by atoms with van der Waals surface area (Å²) in [5, 5.41) is 5.24. The van der Waals surface area contributed by atoms with Gasteiger partial charge in [-0.3, -0.25) is 13.9 Å². The van der Waals surface area contributed by atoms with Crippen molar-refractivity contribution in [3.8, 4) is 0 Å². The number of amides is 2. The molecule has 0 atom stereocenters. The van der Waals surface area contributed by atoms with Gasteiger partial charge >= 0.3 is 0 Å². The molecular weight excluding hydrogens is 414 g/mol. The lowest BCUT2D eigenvalue weighted by Gasteiger charge is -2.23. The van der Waals surface area contributed by atoms with Crippen molar-refractivity contribution in [2.45, 2.75) is 11.8 Å². The first-order valence-electron chi connectivity index (χ1n) is 9.68. The fourth-order valence-corrected chi connectivity index (χ4v) is 4.58. The third-order valence-electron chi connectivity index (χ3n) is 4.65. The van der Waals surface area contributed by atoms with Crippen LogP contribution in [0.2, 0.25) is 0 Å². The molecule has 0 unspecified atom stereocenters. The van der Waals surface area contributed by atoms with Crippen LogP contribution in [0, 0.1) is 0 Å². The fraction of sp³-hybridized carbons (Fsp3) is 0.130. The number of para-hydroxylation sites is 1. The van der Waals surface area contributed by atoms with Gasteiger partial charge in [-0.2, -0.15) is 0 Å². The van der Waals surface area contributed by atoms with Gasteiger partial charge in [-0.05, 0) is 61.5 Å². The zero-order chi connectivity index (χ0) is 22.4. The van der Waals surface area contributed by atoms with Crippen LogP contribution in [0.25, 0.3) is 0 Å². The first kappa shape index (κ1) is 22.0. The Morgan fingerprint density at radius 1 is 0.839 bits per heavy atom. The Morgan fingerprint density at radius 3 is 2.13 bits per heavy atom. The minimum absolute atomic E-state index is 0.0285. The van der Waals surface area contributed by atoms with Gasteiger partial charge in [0.1, 0.15) is 0 Å². The number of nitrogens with one attached hydrogen (secondary N) is 2. The lowest BCUT2D eigenvalue weighted by atomic mass is 10.1. The molecule has 0 spiro atoms. The van der Waals surface area contributed by atoms with Gasteiger partial charge in [0, 0.05) is 30.4 Å². The van der Waals surface area contributed by atoms with Gasteiger partial charge in [-0.1, -0.05) is 24.3 Å². The van der Waals surface area contributed by atoms with Crippen LogP contribution in [-0.2, 0) is 10.0 Å². The second-order valence-electron chi connectivity index (χ2n) is 6.64. The summed E-state index contributed by atoms with van der Waals surface area (Å²) in [6.45, 7) is 2.00. The van der Waals surface area contributed by atoms with E-state index in [2.05, 4.69) is 10.6 Å². The van der Waals surface area contributed by atoms with Crippen molar-refractivity contribution in [3.05, 3.63) is 90.0 Å². The highest BCUT2D eigenvalue weighted by molar-refractivity contribution is 7.92. The standard InChI is InChI=1S/C23H23N3O4S/c1-3-26(20-9-5-4-6-10-20)31(29,30)21-11-7-8-18(16-21)23(28)25-19-14-12-17(13-15-19)22(27)24-2/h4-16H,3H2,1-2H3,(H,24,27)(H,25,28). The van der Waals surface area contributed by atoms with Crippen LogP contribution in [0.15, 0.2) is 83.8 Å². The van der Waals surface area contributed by atoms with E-state index in [9.17, 15) is 18.0 Å². The van der Waals surface area contributed by atoms with Gasteiger partial charge in [-0.15, -0.1) is 0 Å². The molecule has 8 heteroatoms. The van der Waals surface area contributed by atoms with Gasteiger partial charge in [0.25, 0.3) is 21.8 Å². The van der Waals surface area contributed by atoms with Crippen molar-refractivity contribution in [3.63, 3.8) is 0 Å². The Labute approximate surface area is 181 Å². The van der Waals surface area contributed by atoms with Crippen molar-refractivity contribution >= 4 is 33.2 Å². The van der Waals surface area contributed by atoms with Gasteiger partial charge in [0.05, 0.1) is 10.6 Å². The molecule has 2 amide bonds. The maximum atomic E-state index is 13.2. The van der Waals surface area contributed by atoms with Crippen LogP contribution < -0.4 is 14.9 Å². The highest BCUT2D eigenvalue weighted by Crippen LogP contribution is 2.24.